The summed E-state index contributed by atoms with van der Waals surface area (Å²) in [5.41, 5.74) is 45.1. The molecule has 0 heterocycles. The molecule has 0 amide bonds. The van der Waals surface area contributed by atoms with Gasteiger partial charge in [-0.15, -0.1) is 0 Å². The van der Waals surface area contributed by atoms with Gasteiger partial charge in [-0.05, 0) is 294 Å². The van der Waals surface area contributed by atoms with E-state index in [4.69, 9.17) is 0 Å². The third kappa shape index (κ3) is 10.8. The van der Waals surface area contributed by atoms with E-state index in [0.717, 1.165) is 84.6 Å². The second kappa shape index (κ2) is 29.0. The summed E-state index contributed by atoms with van der Waals surface area (Å²) < 4.78 is 0. The highest BCUT2D eigenvalue weighted by atomic mass is 15.2. The lowest BCUT2D eigenvalue weighted by atomic mass is 9.63. The van der Waals surface area contributed by atoms with Crippen LogP contribution in [0.3, 0.4) is 0 Å². The number of hydrogen-bond donors (Lipinski definition) is 0. The molecule has 126 heavy (non-hydrogen) atoms. The Hall–Kier alpha value is -16.2. The second-order valence-electron chi connectivity index (χ2n) is 34.0. The SMILES string of the molecule is C(=C\c1ccc2c(c1)C1(c3ccccc3-c3ccccc31)c1c-2c2c(c3c1-c1ccc(/C=C/c4ccc(N(c5ccccc5)c5ccccc5)cc4)cc1C31c3ccccc3-c3ccccc31)-c1ccc(/C=C/c3ccc(N(c4ccccc4)c4ccccc4)cc3)cc1C21c2ccccc2-c2ccccc21)/c1ccc(N(c2ccccc2)c2ccccc2)cc1. The van der Waals surface area contributed by atoms with Crippen molar-refractivity contribution in [3.63, 3.8) is 0 Å². The molecule has 0 radical (unpaired) electrons. The fourth-order valence-corrected chi connectivity index (χ4v) is 22.6. The molecule has 19 aromatic rings. The zero-order valence-corrected chi connectivity index (χ0v) is 69.1. The molecule has 0 fully saturated rings. The summed E-state index contributed by atoms with van der Waals surface area (Å²) in [5, 5.41) is 0. The van der Waals surface area contributed by atoms with Gasteiger partial charge < -0.3 is 14.7 Å². The molecule has 3 heteroatoms. The summed E-state index contributed by atoms with van der Waals surface area (Å²) in [6, 6.07) is 171. The van der Waals surface area contributed by atoms with Gasteiger partial charge in [0, 0.05) is 51.2 Å². The van der Waals surface area contributed by atoms with Crippen LogP contribution >= 0.6 is 0 Å². The van der Waals surface area contributed by atoms with Crippen LogP contribution < -0.4 is 14.7 Å². The summed E-state index contributed by atoms with van der Waals surface area (Å²) in [6.45, 7) is 0. The number of fused-ring (bicyclic) bond motifs is 33. The highest BCUT2D eigenvalue weighted by Gasteiger charge is 2.65. The minimum absolute atomic E-state index is 0.848. The molecule has 6 aliphatic rings. The average molecular weight is 1600 g/mol. The Morgan fingerprint density at radius 2 is 0.302 bits per heavy atom. The summed E-state index contributed by atoms with van der Waals surface area (Å²) in [4.78, 5) is 7.00. The highest BCUT2D eigenvalue weighted by Crippen LogP contribution is 2.77. The maximum atomic E-state index is 2.60. The van der Waals surface area contributed by atoms with Crippen LogP contribution in [-0.2, 0) is 16.2 Å². The van der Waals surface area contributed by atoms with Crippen molar-refractivity contribution in [3.05, 3.63) is 555 Å². The zero-order chi connectivity index (χ0) is 83.0. The Balaban J connectivity index is 0.746. The number of hydrogen-bond acceptors (Lipinski definition) is 3. The van der Waals surface area contributed by atoms with E-state index in [9.17, 15) is 0 Å². The van der Waals surface area contributed by atoms with E-state index in [1.165, 1.54) is 134 Å². The molecule has 3 nitrogen and oxygen atoms in total. The van der Waals surface area contributed by atoms with Crippen molar-refractivity contribution < 1.29 is 0 Å². The summed E-state index contributed by atoms with van der Waals surface area (Å²) in [6.07, 6.45) is 14.0. The van der Waals surface area contributed by atoms with E-state index in [1.54, 1.807) is 0 Å². The smallest absolute Gasteiger partial charge is 0.0731 e. The van der Waals surface area contributed by atoms with E-state index in [-0.39, 0.29) is 0 Å². The number of para-hydroxylation sites is 6. The van der Waals surface area contributed by atoms with Gasteiger partial charge in [0.15, 0.2) is 0 Å². The summed E-state index contributed by atoms with van der Waals surface area (Å²) in [7, 11) is 0. The fourth-order valence-electron chi connectivity index (χ4n) is 22.6. The number of nitrogens with zero attached hydrogens (tertiary/aromatic N) is 3. The normalized spacial score (nSPS) is 13.8. The largest absolute Gasteiger partial charge is 0.311 e. The maximum absolute atomic E-state index is 2.60. The van der Waals surface area contributed by atoms with Gasteiger partial charge >= 0.3 is 0 Å². The molecule has 588 valence electrons. The topological polar surface area (TPSA) is 9.72 Å². The van der Waals surface area contributed by atoms with E-state index in [0.29, 0.717) is 0 Å². The van der Waals surface area contributed by atoms with Crippen molar-refractivity contribution in [1.29, 1.82) is 0 Å². The van der Waals surface area contributed by atoms with Crippen LogP contribution in [0.4, 0.5) is 51.2 Å². The third-order valence-corrected chi connectivity index (χ3v) is 27.6. The molecule has 0 atom stereocenters. The molecule has 0 saturated carbocycles. The molecule has 0 saturated heterocycles. The van der Waals surface area contributed by atoms with E-state index in [1.807, 2.05) is 0 Å². The lowest BCUT2D eigenvalue weighted by Crippen LogP contribution is -2.31. The number of benzene rings is 19. The molecular weight excluding hydrogens is 1520 g/mol. The van der Waals surface area contributed by atoms with Gasteiger partial charge in [-0.3, -0.25) is 0 Å². The van der Waals surface area contributed by atoms with Crippen molar-refractivity contribution in [1.82, 2.24) is 0 Å². The highest BCUT2D eigenvalue weighted by molar-refractivity contribution is 6.14. The Morgan fingerprint density at radius 1 is 0.135 bits per heavy atom. The predicted molar refractivity (Wildman–Crippen MR) is 525 cm³/mol. The van der Waals surface area contributed by atoms with Crippen molar-refractivity contribution in [2.75, 3.05) is 14.7 Å². The molecule has 0 unspecified atom stereocenters. The number of rotatable bonds is 15. The Morgan fingerprint density at radius 3 is 0.508 bits per heavy atom. The van der Waals surface area contributed by atoms with Crippen LogP contribution in [0.2, 0.25) is 0 Å². The molecule has 25 rings (SSSR count). The minimum Gasteiger partial charge on any atom is -0.311 e. The predicted octanol–water partition coefficient (Wildman–Crippen LogP) is 31.6. The van der Waals surface area contributed by atoms with E-state index < -0.39 is 16.2 Å². The first-order chi connectivity index (χ1) is 62.5. The van der Waals surface area contributed by atoms with Crippen LogP contribution in [0.5, 0.6) is 0 Å². The van der Waals surface area contributed by atoms with E-state index in [2.05, 4.69) is 506 Å². The van der Waals surface area contributed by atoms with E-state index >= 15 is 0 Å². The second-order valence-corrected chi connectivity index (χ2v) is 34.0. The molecule has 0 N–H and O–H groups in total. The molecular formula is C123H81N3. The first-order valence-corrected chi connectivity index (χ1v) is 43.9. The first-order valence-electron chi connectivity index (χ1n) is 43.9. The Labute approximate surface area is 735 Å². The lowest BCUT2D eigenvalue weighted by Gasteiger charge is -2.37. The minimum atomic E-state index is -0.848. The van der Waals surface area contributed by atoms with Crippen LogP contribution in [0.25, 0.3) is 103 Å². The fraction of sp³-hybridized carbons (Fsp3) is 0.0244. The standard InChI is InChI=1S/C123H81N3/c1-7-31-88(32-8-1)124(89-33-9-2-10-34-89)94-70-61-82(62-71-94)55-58-85-67-76-103-112(79-85)121(106-49-25-19-43-97(106)98-44-20-26-50-107(98)121)118-115(103)119-117(105-78-69-87(81-114(105)122(119)108-51-27-21-45-99(108)100-46-22-28-52-109(100)122)60-57-84-65-74-96(75-66-84)126(92-39-15-5-16-40-92)93-41-17-6-18-42-93)120-116(118)104-77-68-86(80-113(104)123(120)110-53-29-23-47-101(110)102-48-24-30-54-111(102)123)59-56-83-63-72-95(73-64-83)125(90-35-11-3-12-36-90)91-37-13-4-14-38-91/h1-81H/b58-55+,59-56+,60-57+. The lowest BCUT2D eigenvalue weighted by molar-refractivity contribution is 0.764. The molecule has 0 aromatic heterocycles. The third-order valence-electron chi connectivity index (χ3n) is 27.6. The van der Waals surface area contributed by atoms with Gasteiger partial charge in [0.05, 0.1) is 16.2 Å². The quantitative estimate of drug-likeness (QED) is 0.0947. The van der Waals surface area contributed by atoms with Crippen molar-refractivity contribution >= 4 is 87.6 Å². The van der Waals surface area contributed by atoms with Gasteiger partial charge in [0.1, 0.15) is 0 Å². The molecule has 6 aliphatic carbocycles. The van der Waals surface area contributed by atoms with Crippen LogP contribution in [0.1, 0.15) is 100 Å². The molecule has 19 aromatic carbocycles. The Kier molecular flexibility index (Phi) is 16.7. The molecule has 0 bridgehead atoms. The van der Waals surface area contributed by atoms with Crippen LogP contribution in [-0.4, -0.2) is 0 Å². The van der Waals surface area contributed by atoms with Crippen molar-refractivity contribution in [2.45, 2.75) is 16.2 Å². The first kappa shape index (κ1) is 72.6. The molecule has 3 spiro atoms. The summed E-state index contributed by atoms with van der Waals surface area (Å²) >= 11 is 0. The van der Waals surface area contributed by atoms with Gasteiger partial charge in [0.2, 0.25) is 0 Å². The van der Waals surface area contributed by atoms with Crippen molar-refractivity contribution in [2.24, 2.45) is 0 Å². The Bertz CT molecular complexity index is 6660. The maximum Gasteiger partial charge on any atom is 0.0731 e. The van der Waals surface area contributed by atoms with Gasteiger partial charge in [-0.25, -0.2) is 0 Å². The monoisotopic (exact) mass is 1600 g/mol. The average Bonchev–Trinajstić information content (AvgIpc) is 1.45. The molecule has 0 aliphatic heterocycles. The van der Waals surface area contributed by atoms with Gasteiger partial charge in [-0.2, -0.15) is 0 Å². The van der Waals surface area contributed by atoms with Gasteiger partial charge in [-0.1, -0.05) is 364 Å². The zero-order valence-electron chi connectivity index (χ0n) is 69.1. The number of anilines is 9. The summed E-state index contributed by atoms with van der Waals surface area (Å²) in [5.74, 6) is 0. The van der Waals surface area contributed by atoms with Crippen LogP contribution in [0.15, 0.2) is 455 Å². The van der Waals surface area contributed by atoms with Crippen LogP contribution in [0, 0.1) is 0 Å². The van der Waals surface area contributed by atoms with Gasteiger partial charge in [0.25, 0.3) is 0 Å². The van der Waals surface area contributed by atoms with Crippen molar-refractivity contribution in [3.8, 4) is 66.8 Å².